The Kier molecular flexibility index (Phi) is 6.37. The van der Waals surface area contributed by atoms with E-state index in [1.54, 1.807) is 12.1 Å². The molecule has 128 valence electrons. The molecule has 0 aliphatic heterocycles. The molecule has 0 radical (unpaired) electrons. The van der Waals surface area contributed by atoms with Gasteiger partial charge in [0.05, 0.1) is 12.2 Å². The minimum Gasteiger partial charge on any atom is -0.481 e. The van der Waals surface area contributed by atoms with Crippen LogP contribution < -0.4 is 5.32 Å². The Morgan fingerprint density at radius 1 is 1.21 bits per heavy atom. The number of carboxylic acids is 1. The number of oxazole rings is 1. The fourth-order valence-corrected chi connectivity index (χ4v) is 2.35. The molecule has 0 unspecified atom stereocenters. The number of nitrogens with zero attached hydrogens (tertiary/aromatic N) is 1. The number of benzene rings is 1. The fourth-order valence-electron chi connectivity index (χ4n) is 2.22. The third-order valence-corrected chi connectivity index (χ3v) is 3.68. The van der Waals surface area contributed by atoms with Crippen molar-refractivity contribution in [2.45, 2.75) is 39.2 Å². The van der Waals surface area contributed by atoms with E-state index in [1.165, 1.54) is 0 Å². The van der Waals surface area contributed by atoms with Crippen LogP contribution in [0.5, 0.6) is 0 Å². The maximum absolute atomic E-state index is 11.7. The van der Waals surface area contributed by atoms with E-state index in [4.69, 9.17) is 21.1 Å². The first-order chi connectivity index (χ1) is 11.5. The highest BCUT2D eigenvalue weighted by molar-refractivity contribution is 6.30. The molecule has 0 fully saturated rings. The number of unbranched alkanes of at least 4 members (excludes halogenated alkanes) is 1. The predicted octanol–water partition coefficient (Wildman–Crippen LogP) is 3.56. The highest BCUT2D eigenvalue weighted by Crippen LogP contribution is 2.25. The lowest BCUT2D eigenvalue weighted by Gasteiger charge is -2.02. The van der Waals surface area contributed by atoms with Crippen molar-refractivity contribution in [3.63, 3.8) is 0 Å². The molecule has 0 saturated heterocycles. The minimum atomic E-state index is -0.847. The molecule has 1 aromatic carbocycles. The van der Waals surface area contributed by atoms with Crippen molar-refractivity contribution in [2.75, 3.05) is 0 Å². The fraction of sp³-hybridized carbons (Fsp3) is 0.353. The standard InChI is InChI=1S/C17H19ClN2O4/c1-11-17(12-6-8-13(18)9-7-12)24-15(20-11)10-19-14(21)4-2-3-5-16(22)23/h6-9H,2-5,10H2,1H3,(H,19,21)(H,22,23). The van der Waals surface area contributed by atoms with Gasteiger partial charge in [-0.2, -0.15) is 0 Å². The molecule has 24 heavy (non-hydrogen) atoms. The number of carbonyl (C=O) groups is 2. The maximum Gasteiger partial charge on any atom is 0.303 e. The maximum atomic E-state index is 11.7. The smallest absolute Gasteiger partial charge is 0.303 e. The second-order valence-corrected chi connectivity index (χ2v) is 5.84. The van der Waals surface area contributed by atoms with E-state index >= 15 is 0 Å². The zero-order valence-electron chi connectivity index (χ0n) is 13.3. The van der Waals surface area contributed by atoms with E-state index < -0.39 is 5.97 Å². The normalized spacial score (nSPS) is 10.6. The Bertz CT molecular complexity index is 710. The topological polar surface area (TPSA) is 92.4 Å². The van der Waals surface area contributed by atoms with E-state index in [0.29, 0.717) is 29.5 Å². The van der Waals surface area contributed by atoms with Gasteiger partial charge < -0.3 is 14.8 Å². The summed E-state index contributed by atoms with van der Waals surface area (Å²) in [7, 11) is 0. The molecule has 0 bridgehead atoms. The molecule has 1 amide bonds. The molecular weight excluding hydrogens is 332 g/mol. The molecule has 1 heterocycles. The van der Waals surface area contributed by atoms with Gasteiger partial charge in [-0.05, 0) is 44.0 Å². The van der Waals surface area contributed by atoms with Crippen LogP contribution in [0.25, 0.3) is 11.3 Å². The SMILES string of the molecule is Cc1nc(CNC(=O)CCCCC(=O)O)oc1-c1ccc(Cl)cc1. The lowest BCUT2D eigenvalue weighted by molar-refractivity contribution is -0.137. The second kappa shape index (κ2) is 8.49. The van der Waals surface area contributed by atoms with Crippen LogP contribution in [0.2, 0.25) is 5.02 Å². The van der Waals surface area contributed by atoms with Gasteiger partial charge in [-0.15, -0.1) is 0 Å². The Balaban J connectivity index is 1.85. The van der Waals surface area contributed by atoms with Crippen molar-refractivity contribution in [1.29, 1.82) is 0 Å². The summed E-state index contributed by atoms with van der Waals surface area (Å²) < 4.78 is 5.70. The first-order valence-electron chi connectivity index (χ1n) is 7.66. The van der Waals surface area contributed by atoms with Crippen molar-refractivity contribution in [3.05, 3.63) is 40.9 Å². The first-order valence-corrected chi connectivity index (χ1v) is 8.04. The lowest BCUT2D eigenvalue weighted by Crippen LogP contribution is -2.22. The monoisotopic (exact) mass is 350 g/mol. The van der Waals surface area contributed by atoms with Gasteiger partial charge in [-0.25, -0.2) is 4.98 Å². The highest BCUT2D eigenvalue weighted by Gasteiger charge is 2.12. The summed E-state index contributed by atoms with van der Waals surface area (Å²) in [5, 5.41) is 11.9. The van der Waals surface area contributed by atoms with Gasteiger partial charge in [0, 0.05) is 23.4 Å². The Morgan fingerprint density at radius 3 is 2.54 bits per heavy atom. The van der Waals surface area contributed by atoms with Crippen LogP contribution in [0.1, 0.15) is 37.3 Å². The van der Waals surface area contributed by atoms with E-state index in [1.807, 2.05) is 19.1 Å². The number of amides is 1. The van der Waals surface area contributed by atoms with Crippen molar-refractivity contribution in [1.82, 2.24) is 10.3 Å². The number of rotatable bonds is 8. The van der Waals surface area contributed by atoms with Gasteiger partial charge in [0.25, 0.3) is 0 Å². The third kappa shape index (κ3) is 5.38. The van der Waals surface area contributed by atoms with E-state index in [2.05, 4.69) is 10.3 Å². The largest absolute Gasteiger partial charge is 0.481 e. The zero-order valence-corrected chi connectivity index (χ0v) is 14.1. The molecule has 1 aromatic heterocycles. The van der Waals surface area contributed by atoms with Crippen LogP contribution in [-0.4, -0.2) is 22.0 Å². The minimum absolute atomic E-state index is 0.0800. The van der Waals surface area contributed by atoms with Crippen molar-refractivity contribution in [3.8, 4) is 11.3 Å². The highest BCUT2D eigenvalue weighted by atomic mass is 35.5. The lowest BCUT2D eigenvalue weighted by atomic mass is 10.1. The number of carbonyl (C=O) groups excluding carboxylic acids is 1. The van der Waals surface area contributed by atoms with Gasteiger partial charge in [-0.1, -0.05) is 11.6 Å². The van der Waals surface area contributed by atoms with Crippen LogP contribution >= 0.6 is 11.6 Å². The molecule has 0 spiro atoms. The average molecular weight is 351 g/mol. The van der Waals surface area contributed by atoms with Crippen molar-refractivity contribution in [2.24, 2.45) is 0 Å². The van der Waals surface area contributed by atoms with Gasteiger partial charge in [-0.3, -0.25) is 9.59 Å². The van der Waals surface area contributed by atoms with Crippen molar-refractivity contribution < 1.29 is 19.1 Å². The summed E-state index contributed by atoms with van der Waals surface area (Å²) in [5.41, 5.74) is 1.61. The van der Waals surface area contributed by atoms with Gasteiger partial charge >= 0.3 is 5.97 Å². The van der Waals surface area contributed by atoms with E-state index in [-0.39, 0.29) is 25.3 Å². The number of aromatic nitrogens is 1. The van der Waals surface area contributed by atoms with Crippen LogP contribution in [0.3, 0.4) is 0 Å². The summed E-state index contributed by atoms with van der Waals surface area (Å²) in [6, 6.07) is 7.25. The molecular formula is C17H19ClN2O4. The van der Waals surface area contributed by atoms with Crippen LogP contribution in [0.15, 0.2) is 28.7 Å². The van der Waals surface area contributed by atoms with Crippen molar-refractivity contribution >= 4 is 23.5 Å². The summed E-state index contributed by atoms with van der Waals surface area (Å²) in [6.45, 7) is 2.04. The molecule has 6 nitrogen and oxygen atoms in total. The van der Waals surface area contributed by atoms with Crippen LogP contribution in [-0.2, 0) is 16.1 Å². The molecule has 2 N–H and O–H groups in total. The van der Waals surface area contributed by atoms with Crippen LogP contribution in [0.4, 0.5) is 0 Å². The molecule has 7 heteroatoms. The predicted molar refractivity (Wildman–Crippen MR) is 89.6 cm³/mol. The Morgan fingerprint density at radius 2 is 1.88 bits per heavy atom. The summed E-state index contributed by atoms with van der Waals surface area (Å²) in [5.74, 6) is 0.0818. The van der Waals surface area contributed by atoms with E-state index in [9.17, 15) is 9.59 Å². The summed E-state index contributed by atoms with van der Waals surface area (Å²) in [6.07, 6.45) is 1.40. The van der Waals surface area contributed by atoms with Crippen LogP contribution in [0, 0.1) is 6.92 Å². The molecule has 0 saturated carbocycles. The molecule has 0 atom stereocenters. The number of halogens is 1. The molecule has 0 aliphatic carbocycles. The zero-order chi connectivity index (χ0) is 17.5. The number of aryl methyl sites for hydroxylation is 1. The number of hydrogen-bond donors (Lipinski definition) is 2. The summed E-state index contributed by atoms with van der Waals surface area (Å²) >= 11 is 5.87. The average Bonchev–Trinajstić information content (AvgIpc) is 2.91. The number of hydrogen-bond acceptors (Lipinski definition) is 4. The molecule has 0 aliphatic rings. The van der Waals surface area contributed by atoms with Gasteiger partial charge in [0.1, 0.15) is 0 Å². The van der Waals surface area contributed by atoms with Gasteiger partial charge in [0.2, 0.25) is 11.8 Å². The molecule has 2 aromatic rings. The number of carboxylic acid groups (broad SMARTS) is 1. The third-order valence-electron chi connectivity index (χ3n) is 3.43. The van der Waals surface area contributed by atoms with E-state index in [0.717, 1.165) is 11.3 Å². The molecule has 2 rings (SSSR count). The number of aliphatic carboxylic acids is 1. The summed E-state index contributed by atoms with van der Waals surface area (Å²) in [4.78, 5) is 26.4. The number of nitrogens with one attached hydrogen (secondary N) is 1. The first kappa shape index (κ1) is 18.0. The second-order valence-electron chi connectivity index (χ2n) is 5.41. The Labute approximate surface area is 144 Å². The van der Waals surface area contributed by atoms with Gasteiger partial charge in [0.15, 0.2) is 5.76 Å². The Hall–Kier alpha value is -2.34. The quantitative estimate of drug-likeness (QED) is 0.710.